The second-order valence-electron chi connectivity index (χ2n) is 3.60. The summed E-state index contributed by atoms with van der Waals surface area (Å²) in [7, 11) is 0. The average molecular weight is 270 g/mol. The van der Waals surface area contributed by atoms with Gasteiger partial charge < -0.3 is 9.05 Å². The van der Waals surface area contributed by atoms with E-state index in [1.807, 2.05) is 30.3 Å². The minimum absolute atomic E-state index is 0.429. The molecule has 0 aliphatic heterocycles. The first kappa shape index (κ1) is 14.6. The SMILES string of the molecule is C=CCOP(=S)(OCCCC)c1ccccc1. The molecular formula is C13H19O2PS. The maximum Gasteiger partial charge on any atom is 0.219 e. The van der Waals surface area contributed by atoms with Crippen LogP contribution in [-0.2, 0) is 20.9 Å². The maximum atomic E-state index is 5.81. The second-order valence-corrected chi connectivity index (χ2v) is 7.07. The van der Waals surface area contributed by atoms with Gasteiger partial charge in [-0.25, -0.2) is 0 Å². The van der Waals surface area contributed by atoms with Crippen molar-refractivity contribution < 1.29 is 9.05 Å². The number of benzene rings is 1. The van der Waals surface area contributed by atoms with E-state index in [0.29, 0.717) is 13.2 Å². The lowest BCUT2D eigenvalue weighted by molar-refractivity contribution is 0.268. The molecule has 4 heteroatoms. The molecule has 17 heavy (non-hydrogen) atoms. The Morgan fingerprint density at radius 1 is 1.29 bits per heavy atom. The summed E-state index contributed by atoms with van der Waals surface area (Å²) in [5.41, 5.74) is 0. The Kier molecular flexibility index (Phi) is 6.68. The van der Waals surface area contributed by atoms with Gasteiger partial charge in [0.2, 0.25) is 6.49 Å². The molecule has 1 unspecified atom stereocenters. The molecule has 0 aromatic heterocycles. The largest absolute Gasteiger partial charge is 0.326 e. The van der Waals surface area contributed by atoms with Gasteiger partial charge in [0.05, 0.1) is 13.2 Å². The Labute approximate surface area is 109 Å². The summed E-state index contributed by atoms with van der Waals surface area (Å²) in [6, 6.07) is 9.81. The van der Waals surface area contributed by atoms with Crippen LogP contribution in [0.4, 0.5) is 0 Å². The monoisotopic (exact) mass is 270 g/mol. The number of hydrogen-bond donors (Lipinski definition) is 0. The topological polar surface area (TPSA) is 18.5 Å². The van der Waals surface area contributed by atoms with Gasteiger partial charge in [0.15, 0.2) is 0 Å². The zero-order valence-corrected chi connectivity index (χ0v) is 11.9. The standard InChI is InChI=1S/C13H19O2PS/c1-3-5-12-15-16(17,14-11-4-2)13-9-7-6-8-10-13/h4,6-10H,2-3,5,11-12H2,1H3. The van der Waals surface area contributed by atoms with E-state index in [2.05, 4.69) is 13.5 Å². The molecule has 0 aliphatic carbocycles. The van der Waals surface area contributed by atoms with Crippen molar-refractivity contribution in [3.63, 3.8) is 0 Å². The van der Waals surface area contributed by atoms with Crippen LogP contribution in [0.2, 0.25) is 0 Å². The van der Waals surface area contributed by atoms with Crippen LogP contribution >= 0.6 is 6.49 Å². The minimum atomic E-state index is -2.36. The van der Waals surface area contributed by atoms with E-state index in [0.717, 1.165) is 18.1 Å². The molecule has 0 N–H and O–H groups in total. The van der Waals surface area contributed by atoms with Gasteiger partial charge in [0, 0.05) is 5.30 Å². The third kappa shape index (κ3) is 4.72. The van der Waals surface area contributed by atoms with Crippen LogP contribution in [0.3, 0.4) is 0 Å². The number of hydrogen-bond acceptors (Lipinski definition) is 3. The normalized spacial score (nSPS) is 14.2. The van der Waals surface area contributed by atoms with Crippen molar-refractivity contribution in [2.24, 2.45) is 0 Å². The predicted molar refractivity (Wildman–Crippen MR) is 77.4 cm³/mol. The lowest BCUT2D eigenvalue weighted by atomic mass is 10.4. The quantitative estimate of drug-likeness (QED) is 0.408. The van der Waals surface area contributed by atoms with Gasteiger partial charge in [0.25, 0.3) is 0 Å². The zero-order chi connectivity index (χ0) is 12.6. The first-order chi connectivity index (χ1) is 8.23. The van der Waals surface area contributed by atoms with Gasteiger partial charge >= 0.3 is 0 Å². The summed E-state index contributed by atoms with van der Waals surface area (Å²) in [4.78, 5) is 0. The van der Waals surface area contributed by atoms with Crippen LogP contribution in [0.5, 0.6) is 0 Å². The number of unbranched alkanes of at least 4 members (excludes halogenated alkanes) is 1. The van der Waals surface area contributed by atoms with Gasteiger partial charge in [-0.1, -0.05) is 37.6 Å². The molecule has 0 saturated heterocycles. The van der Waals surface area contributed by atoms with Crippen molar-refractivity contribution in [2.45, 2.75) is 19.8 Å². The molecule has 0 heterocycles. The average Bonchev–Trinajstić information content (AvgIpc) is 2.38. The molecule has 2 nitrogen and oxygen atoms in total. The fourth-order valence-corrected chi connectivity index (χ4v) is 3.63. The highest BCUT2D eigenvalue weighted by molar-refractivity contribution is 8.13. The molecule has 0 saturated carbocycles. The van der Waals surface area contributed by atoms with Crippen LogP contribution < -0.4 is 5.30 Å². The smallest absolute Gasteiger partial charge is 0.219 e. The molecule has 0 spiro atoms. The summed E-state index contributed by atoms with van der Waals surface area (Å²) in [5, 5.41) is 0.966. The van der Waals surface area contributed by atoms with Gasteiger partial charge in [-0.2, -0.15) is 0 Å². The molecule has 1 aromatic rings. The molecule has 1 aromatic carbocycles. The Morgan fingerprint density at radius 3 is 2.59 bits per heavy atom. The molecule has 1 atom stereocenters. The van der Waals surface area contributed by atoms with Crippen molar-refractivity contribution in [2.75, 3.05) is 13.2 Å². The molecule has 0 amide bonds. The first-order valence-corrected chi connectivity index (χ1v) is 8.42. The maximum absolute atomic E-state index is 5.81. The summed E-state index contributed by atoms with van der Waals surface area (Å²) in [6.45, 7) is 4.50. The lowest BCUT2D eigenvalue weighted by Crippen LogP contribution is -2.10. The Hall–Kier alpha value is -0.470. The Bertz CT molecular complexity index is 378. The highest BCUT2D eigenvalue weighted by atomic mass is 32.5. The third-order valence-electron chi connectivity index (χ3n) is 2.19. The van der Waals surface area contributed by atoms with Crippen molar-refractivity contribution in [3.05, 3.63) is 43.0 Å². The molecule has 0 radical (unpaired) electrons. The van der Waals surface area contributed by atoms with Crippen LogP contribution in [-0.4, -0.2) is 13.2 Å². The fourth-order valence-electron chi connectivity index (χ4n) is 1.28. The Morgan fingerprint density at radius 2 is 2.00 bits per heavy atom. The first-order valence-electron chi connectivity index (χ1n) is 5.78. The number of rotatable bonds is 8. The van der Waals surface area contributed by atoms with E-state index in [1.54, 1.807) is 6.08 Å². The molecule has 0 aliphatic rings. The van der Waals surface area contributed by atoms with Gasteiger partial charge in [-0.05, 0) is 30.4 Å². The summed E-state index contributed by atoms with van der Waals surface area (Å²) in [5.74, 6) is 0. The highest BCUT2D eigenvalue weighted by Crippen LogP contribution is 2.47. The van der Waals surface area contributed by atoms with E-state index >= 15 is 0 Å². The van der Waals surface area contributed by atoms with Crippen molar-refractivity contribution in [1.29, 1.82) is 0 Å². The molecule has 1 rings (SSSR count). The summed E-state index contributed by atoms with van der Waals surface area (Å²) >= 11 is 5.57. The minimum Gasteiger partial charge on any atom is -0.326 e. The molecular weight excluding hydrogens is 251 g/mol. The van der Waals surface area contributed by atoms with Crippen LogP contribution in [0.25, 0.3) is 0 Å². The third-order valence-corrected chi connectivity index (χ3v) is 5.40. The summed E-state index contributed by atoms with van der Waals surface area (Å²) < 4.78 is 11.5. The van der Waals surface area contributed by atoms with Gasteiger partial charge in [0.1, 0.15) is 0 Å². The second kappa shape index (κ2) is 7.78. The Balaban J connectivity index is 2.78. The molecule has 94 valence electrons. The van der Waals surface area contributed by atoms with Crippen LogP contribution in [0.15, 0.2) is 43.0 Å². The fraction of sp³-hybridized carbons (Fsp3) is 0.385. The van der Waals surface area contributed by atoms with E-state index in [4.69, 9.17) is 20.9 Å². The van der Waals surface area contributed by atoms with E-state index in [1.165, 1.54) is 0 Å². The lowest BCUT2D eigenvalue weighted by Gasteiger charge is -2.22. The van der Waals surface area contributed by atoms with Gasteiger partial charge in [-0.15, -0.1) is 6.58 Å². The molecule has 0 fully saturated rings. The summed E-state index contributed by atoms with van der Waals surface area (Å²) in [6.07, 6.45) is 3.79. The van der Waals surface area contributed by atoms with Crippen molar-refractivity contribution >= 4 is 23.6 Å². The van der Waals surface area contributed by atoms with E-state index < -0.39 is 6.49 Å². The van der Waals surface area contributed by atoms with Crippen molar-refractivity contribution in [1.82, 2.24) is 0 Å². The molecule has 0 bridgehead atoms. The van der Waals surface area contributed by atoms with Crippen LogP contribution in [0, 0.1) is 0 Å². The van der Waals surface area contributed by atoms with E-state index in [-0.39, 0.29) is 0 Å². The van der Waals surface area contributed by atoms with Gasteiger partial charge in [-0.3, -0.25) is 0 Å². The zero-order valence-electron chi connectivity index (χ0n) is 10.2. The van der Waals surface area contributed by atoms with Crippen molar-refractivity contribution in [3.8, 4) is 0 Å². The van der Waals surface area contributed by atoms with E-state index in [9.17, 15) is 0 Å². The highest BCUT2D eigenvalue weighted by Gasteiger charge is 2.20. The van der Waals surface area contributed by atoms with Crippen LogP contribution in [0.1, 0.15) is 19.8 Å². The predicted octanol–water partition coefficient (Wildman–Crippen LogP) is 3.64.